The second kappa shape index (κ2) is 11.8. The first-order valence-electron chi connectivity index (χ1n) is 12.8. The number of aromatic nitrogens is 1. The molecule has 2 fully saturated rings. The summed E-state index contributed by atoms with van der Waals surface area (Å²) in [5.41, 5.74) is 2.75. The number of benzene rings is 2. The van der Waals surface area contributed by atoms with Gasteiger partial charge in [0.05, 0.1) is 15.6 Å². The van der Waals surface area contributed by atoms with E-state index in [-0.39, 0.29) is 52.0 Å². The number of hydrogen-bond acceptors (Lipinski definition) is 6. The van der Waals surface area contributed by atoms with Gasteiger partial charge >= 0.3 is 0 Å². The molecule has 39 heavy (non-hydrogen) atoms. The molecule has 3 aromatic rings. The van der Waals surface area contributed by atoms with Crippen LogP contribution >= 0.6 is 23.2 Å². The molecule has 1 saturated carbocycles. The second-order valence-corrected chi connectivity index (χ2v) is 10.8. The Hall–Kier alpha value is -2.76. The Bertz CT molecular complexity index is 1440. The number of piperidine rings is 1. The maximum absolute atomic E-state index is 14.1. The van der Waals surface area contributed by atoms with E-state index in [1.807, 2.05) is 4.57 Å². The highest BCUT2D eigenvalue weighted by Gasteiger charge is 2.28. The number of ether oxygens (including phenoxy) is 1. The minimum atomic E-state index is -0.803. The number of hydrazine groups is 1. The monoisotopic (exact) mass is 580 g/mol. The fourth-order valence-corrected chi connectivity index (χ4v) is 4.96. The predicted octanol–water partition coefficient (Wildman–Crippen LogP) is 4.06. The molecule has 0 bridgehead atoms. The summed E-state index contributed by atoms with van der Waals surface area (Å²) in [6.07, 6.45) is 3.96. The van der Waals surface area contributed by atoms with E-state index in [9.17, 15) is 23.5 Å². The smallest absolute Gasteiger partial charge is 0.271 e. The lowest BCUT2D eigenvalue weighted by Crippen LogP contribution is -2.51. The molecular formula is C27H28Cl2F2N4O4. The number of halogens is 4. The number of fused-ring (bicyclic) bond motifs is 1. The van der Waals surface area contributed by atoms with Gasteiger partial charge in [0.25, 0.3) is 5.91 Å². The number of nitrogens with one attached hydrogen (secondary N) is 2. The summed E-state index contributed by atoms with van der Waals surface area (Å²) in [6, 6.07) is 6.88. The van der Waals surface area contributed by atoms with E-state index in [2.05, 4.69) is 10.7 Å². The molecule has 3 N–H and O–H groups in total. The van der Waals surface area contributed by atoms with Crippen LogP contribution in [-0.4, -0.2) is 59.0 Å². The number of aliphatic hydroxyl groups is 1. The zero-order valence-electron chi connectivity index (χ0n) is 20.9. The van der Waals surface area contributed by atoms with Gasteiger partial charge in [-0.25, -0.2) is 13.8 Å². The average molecular weight is 581 g/mol. The molecule has 2 aromatic carbocycles. The molecule has 1 amide bonds. The molecule has 1 aliphatic heterocycles. The van der Waals surface area contributed by atoms with Gasteiger partial charge in [-0.05, 0) is 49.9 Å². The van der Waals surface area contributed by atoms with E-state index in [0.29, 0.717) is 31.4 Å². The van der Waals surface area contributed by atoms with E-state index in [1.165, 1.54) is 24.3 Å². The van der Waals surface area contributed by atoms with Crippen molar-refractivity contribution in [2.75, 3.05) is 26.2 Å². The Morgan fingerprint density at radius 1 is 1.08 bits per heavy atom. The number of nitrogens with zero attached hydrogens (tertiary/aromatic N) is 2. The highest BCUT2D eigenvalue weighted by Crippen LogP contribution is 2.37. The van der Waals surface area contributed by atoms with Gasteiger partial charge in [0.1, 0.15) is 35.7 Å². The molecule has 8 nitrogen and oxygen atoms in total. The van der Waals surface area contributed by atoms with Gasteiger partial charge in [0.2, 0.25) is 5.43 Å². The molecule has 1 atom stereocenters. The average Bonchev–Trinajstić information content (AvgIpc) is 3.76. The molecular weight excluding hydrogens is 553 g/mol. The Kier molecular flexibility index (Phi) is 8.39. The van der Waals surface area contributed by atoms with E-state index in [0.717, 1.165) is 18.9 Å². The zero-order valence-corrected chi connectivity index (χ0v) is 22.4. The Morgan fingerprint density at radius 2 is 1.79 bits per heavy atom. The fourth-order valence-electron chi connectivity index (χ4n) is 4.68. The quantitative estimate of drug-likeness (QED) is 0.353. The topological polar surface area (TPSA) is 95.8 Å². The normalized spacial score (nSPS) is 17.4. The molecule has 1 aromatic heterocycles. The van der Waals surface area contributed by atoms with Crippen LogP contribution in [0.25, 0.3) is 10.9 Å². The SMILES string of the molecule is O=C(NN1CCC(NC[C@@H](O)COc2ccc(Cl)c(F)c2)CC1)c1cn(C2CC2)c2cc(Cl)c(F)cc2c1=O. The standard InChI is InChI=1S/C27H28Cl2F2N4O4/c28-21-4-3-18(9-23(21)30)39-14-17(36)12-32-15-5-7-34(8-6-15)33-27(38)20-13-35(16-1-2-16)25-11-22(29)24(31)10-19(25)26(20)37/h3-4,9-11,13,15-17,32,36H,1-2,5-8,12,14H2,(H,33,38)/t17-/m1/s1. The molecule has 12 heteroatoms. The highest BCUT2D eigenvalue weighted by atomic mass is 35.5. The first kappa shape index (κ1) is 27.8. The fraction of sp³-hybridized carbons (Fsp3) is 0.407. The summed E-state index contributed by atoms with van der Waals surface area (Å²) >= 11 is 11.6. The Labute approximate surface area is 233 Å². The molecule has 1 aliphatic carbocycles. The number of rotatable bonds is 9. The third kappa shape index (κ3) is 6.53. The Balaban J connectivity index is 1.13. The molecule has 2 heterocycles. The van der Waals surface area contributed by atoms with Crippen LogP contribution in [0.15, 0.2) is 41.3 Å². The lowest BCUT2D eigenvalue weighted by molar-refractivity contribution is 0.0696. The van der Waals surface area contributed by atoms with Crippen LogP contribution < -0.4 is 20.9 Å². The van der Waals surface area contributed by atoms with E-state index < -0.39 is 29.1 Å². The lowest BCUT2D eigenvalue weighted by atomic mass is 10.1. The van der Waals surface area contributed by atoms with Crippen molar-refractivity contribution in [3.8, 4) is 5.75 Å². The summed E-state index contributed by atoms with van der Waals surface area (Å²) in [4.78, 5) is 26.1. The molecule has 5 rings (SSSR count). The van der Waals surface area contributed by atoms with Gasteiger partial charge in [-0.1, -0.05) is 23.2 Å². The summed E-state index contributed by atoms with van der Waals surface area (Å²) in [5, 5.41) is 15.3. The highest BCUT2D eigenvalue weighted by molar-refractivity contribution is 6.31. The summed E-state index contributed by atoms with van der Waals surface area (Å²) in [7, 11) is 0. The maximum Gasteiger partial charge on any atom is 0.271 e. The first-order valence-corrected chi connectivity index (χ1v) is 13.5. The van der Waals surface area contributed by atoms with Gasteiger partial charge in [-0.15, -0.1) is 0 Å². The van der Waals surface area contributed by atoms with Gasteiger partial charge in [0, 0.05) is 49.4 Å². The molecule has 0 unspecified atom stereocenters. The number of pyridine rings is 1. The lowest BCUT2D eigenvalue weighted by Gasteiger charge is -2.33. The van der Waals surface area contributed by atoms with E-state index in [4.69, 9.17) is 27.9 Å². The van der Waals surface area contributed by atoms with Gasteiger partial charge in [-0.3, -0.25) is 15.0 Å². The molecule has 208 valence electrons. The van der Waals surface area contributed by atoms with Crippen LogP contribution in [-0.2, 0) is 0 Å². The van der Waals surface area contributed by atoms with Crippen molar-refractivity contribution in [3.05, 3.63) is 74.0 Å². The minimum Gasteiger partial charge on any atom is -0.491 e. The van der Waals surface area contributed by atoms with Gasteiger partial charge in [-0.2, -0.15) is 0 Å². The molecule has 2 aliphatic rings. The van der Waals surface area contributed by atoms with Crippen LogP contribution in [0.5, 0.6) is 5.75 Å². The van der Waals surface area contributed by atoms with Gasteiger partial charge in [0.15, 0.2) is 0 Å². The number of hydrogen-bond donors (Lipinski definition) is 3. The third-order valence-electron chi connectivity index (χ3n) is 6.99. The predicted molar refractivity (Wildman–Crippen MR) is 144 cm³/mol. The van der Waals surface area contributed by atoms with Crippen molar-refractivity contribution in [1.82, 2.24) is 20.3 Å². The van der Waals surface area contributed by atoms with Crippen molar-refractivity contribution >= 4 is 40.0 Å². The third-order valence-corrected chi connectivity index (χ3v) is 7.59. The largest absolute Gasteiger partial charge is 0.491 e. The minimum absolute atomic E-state index is 0.000442. The van der Waals surface area contributed by atoms with Crippen LogP contribution in [0.1, 0.15) is 42.1 Å². The van der Waals surface area contributed by atoms with Crippen LogP contribution in [0, 0.1) is 11.6 Å². The molecule has 0 radical (unpaired) electrons. The maximum atomic E-state index is 14.1. The van der Waals surface area contributed by atoms with E-state index in [1.54, 1.807) is 11.2 Å². The van der Waals surface area contributed by atoms with Crippen LogP contribution in [0.2, 0.25) is 10.0 Å². The number of aliphatic hydroxyl groups excluding tert-OH is 1. The van der Waals surface area contributed by atoms with Crippen molar-refractivity contribution in [2.24, 2.45) is 0 Å². The molecule has 0 spiro atoms. The zero-order chi connectivity index (χ0) is 27.7. The number of carbonyl (C=O) groups is 1. The van der Waals surface area contributed by atoms with Crippen molar-refractivity contribution < 1.29 is 23.4 Å². The first-order chi connectivity index (χ1) is 18.7. The number of amides is 1. The second-order valence-electron chi connectivity index (χ2n) is 9.95. The van der Waals surface area contributed by atoms with Crippen molar-refractivity contribution in [1.29, 1.82) is 0 Å². The summed E-state index contributed by atoms with van der Waals surface area (Å²) < 4.78 is 34.9. The summed E-state index contributed by atoms with van der Waals surface area (Å²) in [5.74, 6) is -1.55. The van der Waals surface area contributed by atoms with Crippen LogP contribution in [0.4, 0.5) is 8.78 Å². The van der Waals surface area contributed by atoms with Gasteiger partial charge < -0.3 is 19.7 Å². The number of carbonyl (C=O) groups excluding carboxylic acids is 1. The summed E-state index contributed by atoms with van der Waals surface area (Å²) in [6.45, 7) is 1.35. The van der Waals surface area contributed by atoms with Crippen LogP contribution in [0.3, 0.4) is 0 Å². The van der Waals surface area contributed by atoms with Crippen molar-refractivity contribution in [3.63, 3.8) is 0 Å². The van der Waals surface area contributed by atoms with E-state index >= 15 is 0 Å². The van der Waals surface area contributed by atoms with Crippen molar-refractivity contribution in [2.45, 2.75) is 43.9 Å². The molecule has 1 saturated heterocycles. The Morgan fingerprint density at radius 3 is 2.49 bits per heavy atom.